The molecule has 1 aliphatic rings. The van der Waals surface area contributed by atoms with Gasteiger partial charge in [0.15, 0.2) is 11.8 Å². The first-order valence-electron chi connectivity index (χ1n) is 10.3. The Balaban J connectivity index is 1.57. The van der Waals surface area contributed by atoms with Crippen LogP contribution in [0.3, 0.4) is 0 Å². The Bertz CT molecular complexity index is 785. The van der Waals surface area contributed by atoms with Gasteiger partial charge in [-0.25, -0.2) is 4.99 Å². The van der Waals surface area contributed by atoms with Crippen LogP contribution in [0.2, 0.25) is 0 Å². The summed E-state index contributed by atoms with van der Waals surface area (Å²) in [5, 5.41) is 15.4. The molecule has 0 fully saturated rings. The molecule has 0 amide bonds. The predicted octanol–water partition coefficient (Wildman–Crippen LogP) is 2.84. The van der Waals surface area contributed by atoms with Crippen LogP contribution in [-0.2, 0) is 19.5 Å². The van der Waals surface area contributed by atoms with Gasteiger partial charge in [0.1, 0.15) is 24.2 Å². The molecule has 1 aromatic heterocycles. The van der Waals surface area contributed by atoms with E-state index >= 15 is 0 Å². The van der Waals surface area contributed by atoms with E-state index in [1.54, 1.807) is 0 Å². The molecule has 7 nitrogen and oxygen atoms in total. The summed E-state index contributed by atoms with van der Waals surface area (Å²) in [6, 6.07) is 8.08. The van der Waals surface area contributed by atoms with Gasteiger partial charge in [0.05, 0.1) is 6.54 Å². The van der Waals surface area contributed by atoms with Crippen LogP contribution >= 0.6 is 0 Å². The second-order valence-electron chi connectivity index (χ2n) is 7.26. The number of nitrogens with zero attached hydrogens (tertiary/aromatic N) is 4. The summed E-state index contributed by atoms with van der Waals surface area (Å²) in [7, 11) is 0. The fourth-order valence-corrected chi connectivity index (χ4v) is 3.34. The van der Waals surface area contributed by atoms with Gasteiger partial charge in [-0.05, 0) is 45.2 Å². The van der Waals surface area contributed by atoms with Crippen molar-refractivity contribution in [3.05, 3.63) is 41.5 Å². The topological polar surface area (TPSA) is 76.4 Å². The Morgan fingerprint density at radius 2 is 2.07 bits per heavy atom. The third-order valence-electron chi connectivity index (χ3n) is 4.89. The number of nitrogens with one attached hydrogen (secondary N) is 2. The van der Waals surface area contributed by atoms with E-state index in [2.05, 4.69) is 52.2 Å². The highest BCUT2D eigenvalue weighted by Gasteiger charge is 2.14. The third-order valence-corrected chi connectivity index (χ3v) is 4.89. The van der Waals surface area contributed by atoms with E-state index in [0.717, 1.165) is 48.4 Å². The number of aromatic nitrogens is 3. The predicted molar refractivity (Wildman–Crippen MR) is 112 cm³/mol. The lowest BCUT2D eigenvalue weighted by atomic mass is 10.2. The van der Waals surface area contributed by atoms with Gasteiger partial charge in [0.2, 0.25) is 0 Å². The first-order valence-corrected chi connectivity index (χ1v) is 10.3. The Morgan fingerprint density at radius 1 is 1.21 bits per heavy atom. The summed E-state index contributed by atoms with van der Waals surface area (Å²) in [4.78, 5) is 4.71. The first-order chi connectivity index (χ1) is 13.7. The third kappa shape index (κ3) is 5.47. The number of aliphatic imine (C=N–C) groups is 1. The molecule has 0 bridgehead atoms. The minimum atomic E-state index is 0.0225. The largest absolute Gasteiger partial charge is 0.489 e. The molecule has 28 heavy (non-hydrogen) atoms. The Hall–Kier alpha value is -2.57. The van der Waals surface area contributed by atoms with Crippen LogP contribution < -0.4 is 15.4 Å². The standard InChI is InChI=1S/C21H32N6O/c1-4-22-21(23-14-17(3)28-18-11-8-7-10-16(18)2)24-15-20-26-25-19-12-6-5-9-13-27(19)20/h7-8,10-11,17H,4-6,9,12-15H2,1-3H3,(H2,22,23,24). The molecule has 1 unspecified atom stereocenters. The fraction of sp³-hybridized carbons (Fsp3) is 0.571. The number of ether oxygens (including phenoxy) is 1. The number of hydrogen-bond donors (Lipinski definition) is 2. The van der Waals surface area contributed by atoms with Gasteiger partial charge >= 0.3 is 0 Å². The zero-order valence-corrected chi connectivity index (χ0v) is 17.2. The Labute approximate surface area is 167 Å². The van der Waals surface area contributed by atoms with Crippen LogP contribution in [0.5, 0.6) is 5.75 Å². The molecule has 0 spiro atoms. The Kier molecular flexibility index (Phi) is 7.28. The zero-order chi connectivity index (χ0) is 19.8. The average molecular weight is 385 g/mol. The van der Waals surface area contributed by atoms with Crippen molar-refractivity contribution in [1.29, 1.82) is 0 Å². The van der Waals surface area contributed by atoms with E-state index in [-0.39, 0.29) is 6.10 Å². The summed E-state index contributed by atoms with van der Waals surface area (Å²) < 4.78 is 8.28. The molecule has 0 radical (unpaired) electrons. The molecule has 2 aromatic rings. The molecule has 0 aliphatic carbocycles. The van der Waals surface area contributed by atoms with Gasteiger partial charge in [-0.15, -0.1) is 10.2 Å². The molecule has 2 heterocycles. The summed E-state index contributed by atoms with van der Waals surface area (Å²) in [5.74, 6) is 3.73. The SMILES string of the molecule is CCNC(=NCc1nnc2n1CCCCC2)NCC(C)Oc1ccccc1C. The molecular weight excluding hydrogens is 352 g/mol. The van der Waals surface area contributed by atoms with E-state index < -0.39 is 0 Å². The summed E-state index contributed by atoms with van der Waals surface area (Å²) in [5.41, 5.74) is 1.14. The second kappa shape index (κ2) is 10.1. The molecule has 1 atom stereocenters. The van der Waals surface area contributed by atoms with Crippen molar-refractivity contribution < 1.29 is 4.74 Å². The zero-order valence-electron chi connectivity index (χ0n) is 17.2. The lowest BCUT2D eigenvalue weighted by Crippen LogP contribution is -2.41. The van der Waals surface area contributed by atoms with Crippen LogP contribution in [0.1, 0.15) is 50.3 Å². The maximum Gasteiger partial charge on any atom is 0.191 e. The van der Waals surface area contributed by atoms with Crippen LogP contribution in [0.15, 0.2) is 29.3 Å². The van der Waals surface area contributed by atoms with Crippen molar-refractivity contribution >= 4 is 5.96 Å². The Morgan fingerprint density at radius 3 is 2.89 bits per heavy atom. The average Bonchev–Trinajstić information content (AvgIpc) is 2.92. The lowest BCUT2D eigenvalue weighted by molar-refractivity contribution is 0.222. The van der Waals surface area contributed by atoms with Crippen LogP contribution in [-0.4, -0.2) is 39.9 Å². The van der Waals surface area contributed by atoms with Gasteiger partial charge in [-0.1, -0.05) is 24.6 Å². The molecule has 2 N–H and O–H groups in total. The highest BCUT2D eigenvalue weighted by Crippen LogP contribution is 2.17. The highest BCUT2D eigenvalue weighted by molar-refractivity contribution is 5.79. The lowest BCUT2D eigenvalue weighted by Gasteiger charge is -2.18. The molecule has 1 aromatic carbocycles. The van der Waals surface area contributed by atoms with E-state index in [4.69, 9.17) is 9.73 Å². The monoisotopic (exact) mass is 384 g/mol. The van der Waals surface area contributed by atoms with Crippen molar-refractivity contribution in [1.82, 2.24) is 25.4 Å². The van der Waals surface area contributed by atoms with Gasteiger partial charge < -0.3 is 19.9 Å². The molecule has 152 valence electrons. The number of para-hydroxylation sites is 1. The number of fused-ring (bicyclic) bond motifs is 1. The van der Waals surface area contributed by atoms with Gasteiger partial charge in [0.25, 0.3) is 0 Å². The molecule has 0 saturated heterocycles. The molecule has 3 rings (SSSR count). The molecule has 0 saturated carbocycles. The van der Waals surface area contributed by atoms with Crippen molar-refractivity contribution in [2.24, 2.45) is 4.99 Å². The normalized spacial score (nSPS) is 15.5. The van der Waals surface area contributed by atoms with Gasteiger partial charge in [-0.3, -0.25) is 0 Å². The number of hydrogen-bond acceptors (Lipinski definition) is 4. The van der Waals surface area contributed by atoms with E-state index in [1.807, 2.05) is 18.2 Å². The molecule has 7 heteroatoms. The quantitative estimate of drug-likeness (QED) is 0.567. The number of benzene rings is 1. The molecular formula is C21H32N6O. The number of rotatable bonds is 7. The second-order valence-corrected chi connectivity index (χ2v) is 7.26. The number of guanidine groups is 1. The van der Waals surface area contributed by atoms with Crippen LogP contribution in [0.4, 0.5) is 0 Å². The maximum atomic E-state index is 6.04. The van der Waals surface area contributed by atoms with Crippen molar-refractivity contribution in [2.75, 3.05) is 13.1 Å². The van der Waals surface area contributed by atoms with Crippen molar-refractivity contribution in [3.8, 4) is 5.75 Å². The summed E-state index contributed by atoms with van der Waals surface area (Å²) in [6.07, 6.45) is 4.69. The fourth-order valence-electron chi connectivity index (χ4n) is 3.34. The van der Waals surface area contributed by atoms with E-state index in [0.29, 0.717) is 13.1 Å². The number of aryl methyl sites for hydroxylation is 2. The van der Waals surface area contributed by atoms with E-state index in [1.165, 1.54) is 19.3 Å². The van der Waals surface area contributed by atoms with Crippen LogP contribution in [0, 0.1) is 6.92 Å². The minimum Gasteiger partial charge on any atom is -0.489 e. The van der Waals surface area contributed by atoms with Crippen LogP contribution in [0.25, 0.3) is 0 Å². The minimum absolute atomic E-state index is 0.0225. The smallest absolute Gasteiger partial charge is 0.191 e. The molecule has 1 aliphatic heterocycles. The van der Waals surface area contributed by atoms with Gasteiger partial charge in [-0.2, -0.15) is 0 Å². The van der Waals surface area contributed by atoms with Crippen molar-refractivity contribution in [2.45, 2.75) is 65.6 Å². The summed E-state index contributed by atoms with van der Waals surface area (Å²) >= 11 is 0. The van der Waals surface area contributed by atoms with E-state index in [9.17, 15) is 0 Å². The summed E-state index contributed by atoms with van der Waals surface area (Å²) in [6.45, 7) is 9.17. The first kappa shape index (κ1) is 20.2. The van der Waals surface area contributed by atoms with Gasteiger partial charge in [0, 0.05) is 19.5 Å². The van der Waals surface area contributed by atoms with Crippen molar-refractivity contribution in [3.63, 3.8) is 0 Å². The maximum absolute atomic E-state index is 6.04. The highest BCUT2D eigenvalue weighted by atomic mass is 16.5.